The minimum absolute atomic E-state index is 0.0345. The van der Waals surface area contributed by atoms with E-state index in [-0.39, 0.29) is 5.41 Å². The lowest BCUT2D eigenvalue weighted by Crippen LogP contribution is -2.35. The van der Waals surface area contributed by atoms with Gasteiger partial charge >= 0.3 is 12.3 Å². The van der Waals surface area contributed by atoms with Crippen LogP contribution in [0, 0.1) is 19.3 Å². The molecule has 1 aliphatic heterocycles. The number of aryl methyl sites for hydroxylation is 2. The number of nitrogens with zero attached hydrogens (tertiary/aromatic N) is 1. The van der Waals surface area contributed by atoms with E-state index in [0.717, 1.165) is 59.4 Å². The molecule has 0 aromatic heterocycles. The van der Waals surface area contributed by atoms with Crippen LogP contribution in [0.5, 0.6) is 5.75 Å². The van der Waals surface area contributed by atoms with Gasteiger partial charge in [-0.3, -0.25) is 4.90 Å². The largest absolute Gasteiger partial charge is 0.496 e. The van der Waals surface area contributed by atoms with E-state index in [9.17, 15) is 18.0 Å². The molecule has 0 unspecified atom stereocenters. The highest BCUT2D eigenvalue weighted by Gasteiger charge is 2.42. The summed E-state index contributed by atoms with van der Waals surface area (Å²) < 4.78 is 51.7. The molecule has 4 rings (SSSR count). The lowest BCUT2D eigenvalue weighted by Gasteiger charge is -2.36. The van der Waals surface area contributed by atoms with Gasteiger partial charge in [0.15, 0.2) is 0 Å². The molecule has 1 saturated heterocycles. The number of hydrogen-bond donors (Lipinski definition) is 1. The normalized spacial score (nSPS) is 21.9. The Bertz CT molecular complexity index is 1250. The van der Waals surface area contributed by atoms with Gasteiger partial charge < -0.3 is 15.2 Å². The number of amides is 1. The SMILES string of the molecule is COc1cc(C)c(N)cc1C1=C(CN2C(=O)O[C@H](c3cc(C)cc(C(F)(F)F)c3)[C@@H]2C)CC(C)(C)CC1. The van der Waals surface area contributed by atoms with Crippen LogP contribution in [0.25, 0.3) is 5.57 Å². The summed E-state index contributed by atoms with van der Waals surface area (Å²) in [6.07, 6.45) is -3.27. The zero-order valence-corrected chi connectivity index (χ0v) is 22.3. The molecule has 0 saturated carbocycles. The third-order valence-corrected chi connectivity index (χ3v) is 7.59. The Labute approximate surface area is 216 Å². The van der Waals surface area contributed by atoms with E-state index < -0.39 is 30.0 Å². The van der Waals surface area contributed by atoms with Crippen LogP contribution in [0.1, 0.15) is 74.0 Å². The summed E-state index contributed by atoms with van der Waals surface area (Å²) in [6, 6.07) is 7.25. The number of anilines is 1. The van der Waals surface area contributed by atoms with Gasteiger partial charge in [0.1, 0.15) is 11.9 Å². The first-order valence-corrected chi connectivity index (χ1v) is 12.5. The summed E-state index contributed by atoms with van der Waals surface area (Å²) >= 11 is 0. The Morgan fingerprint density at radius 2 is 1.86 bits per heavy atom. The molecule has 200 valence electrons. The van der Waals surface area contributed by atoms with Gasteiger partial charge in [0.05, 0.1) is 18.7 Å². The maximum atomic E-state index is 13.4. The first kappa shape index (κ1) is 26.9. The molecule has 1 fully saturated rings. The fraction of sp³-hybridized carbons (Fsp3) is 0.483. The Balaban J connectivity index is 1.71. The molecular formula is C29H35F3N2O3. The highest BCUT2D eigenvalue weighted by Crippen LogP contribution is 2.46. The number of carbonyl (C=O) groups is 1. The quantitative estimate of drug-likeness (QED) is 0.419. The Morgan fingerprint density at radius 3 is 2.51 bits per heavy atom. The predicted octanol–water partition coefficient (Wildman–Crippen LogP) is 7.46. The van der Waals surface area contributed by atoms with Crippen molar-refractivity contribution in [2.45, 2.75) is 72.2 Å². The maximum absolute atomic E-state index is 13.4. The summed E-state index contributed by atoms with van der Waals surface area (Å²) in [7, 11) is 1.63. The minimum atomic E-state index is -4.48. The van der Waals surface area contributed by atoms with Crippen LogP contribution in [-0.4, -0.2) is 30.7 Å². The number of halogens is 3. The van der Waals surface area contributed by atoms with Crippen molar-refractivity contribution in [1.29, 1.82) is 0 Å². The van der Waals surface area contributed by atoms with E-state index in [2.05, 4.69) is 13.8 Å². The molecule has 0 spiro atoms. The number of methoxy groups -OCH3 is 1. The van der Waals surface area contributed by atoms with Crippen molar-refractivity contribution in [1.82, 2.24) is 4.90 Å². The second-order valence-corrected chi connectivity index (χ2v) is 11.1. The molecule has 8 heteroatoms. The predicted molar refractivity (Wildman–Crippen MR) is 138 cm³/mol. The van der Waals surface area contributed by atoms with E-state index in [1.807, 2.05) is 26.0 Å². The fourth-order valence-corrected chi connectivity index (χ4v) is 5.50. The molecule has 2 atom stereocenters. The number of hydrogen-bond acceptors (Lipinski definition) is 4. The number of nitrogen functional groups attached to an aromatic ring is 1. The van der Waals surface area contributed by atoms with E-state index in [1.54, 1.807) is 25.0 Å². The third-order valence-electron chi connectivity index (χ3n) is 7.59. The summed E-state index contributed by atoms with van der Waals surface area (Å²) in [5.74, 6) is 0.730. The second-order valence-electron chi connectivity index (χ2n) is 11.1. The first-order chi connectivity index (χ1) is 17.2. The standard InChI is InChI=1S/C29H35F3N2O3/c1-16-9-19(12-21(10-16)29(30,31)32)26-18(3)34(27(35)37-26)15-20-14-28(4,5)8-7-22(20)23-13-24(33)17(2)11-25(23)36-6/h9-13,18,26H,7-8,14-15,33H2,1-6H3/t18-,26-/m0/s1. The maximum Gasteiger partial charge on any atom is 0.416 e. The fourth-order valence-electron chi connectivity index (χ4n) is 5.50. The molecule has 2 aliphatic rings. The van der Waals surface area contributed by atoms with E-state index >= 15 is 0 Å². The number of nitrogens with two attached hydrogens (primary N) is 1. The van der Waals surface area contributed by atoms with Gasteiger partial charge in [0.25, 0.3) is 0 Å². The average Bonchev–Trinajstić information content (AvgIpc) is 3.08. The van der Waals surface area contributed by atoms with Gasteiger partial charge in [-0.2, -0.15) is 13.2 Å². The van der Waals surface area contributed by atoms with Crippen LogP contribution in [0.15, 0.2) is 35.9 Å². The lowest BCUT2D eigenvalue weighted by molar-refractivity contribution is -0.137. The van der Waals surface area contributed by atoms with E-state index in [1.165, 1.54) is 0 Å². The smallest absolute Gasteiger partial charge is 0.416 e. The molecular weight excluding hydrogens is 481 g/mol. The highest BCUT2D eigenvalue weighted by atomic mass is 19.4. The summed E-state index contributed by atoms with van der Waals surface area (Å²) in [6.45, 7) is 10.1. The summed E-state index contributed by atoms with van der Waals surface area (Å²) in [4.78, 5) is 14.7. The van der Waals surface area contributed by atoms with Gasteiger partial charge in [-0.05, 0) is 92.0 Å². The number of rotatable bonds is 5. The zero-order valence-electron chi connectivity index (χ0n) is 22.3. The van der Waals surface area contributed by atoms with Crippen LogP contribution >= 0.6 is 0 Å². The molecule has 0 bridgehead atoms. The Morgan fingerprint density at radius 1 is 1.16 bits per heavy atom. The van der Waals surface area contributed by atoms with Crippen molar-refractivity contribution in [3.05, 3.63) is 63.7 Å². The monoisotopic (exact) mass is 516 g/mol. The van der Waals surface area contributed by atoms with Crippen molar-refractivity contribution < 1.29 is 27.4 Å². The number of ether oxygens (including phenoxy) is 2. The van der Waals surface area contributed by atoms with Crippen LogP contribution in [0.4, 0.5) is 23.7 Å². The first-order valence-electron chi connectivity index (χ1n) is 12.5. The van der Waals surface area contributed by atoms with Crippen LogP contribution < -0.4 is 10.5 Å². The zero-order chi connectivity index (χ0) is 27.3. The molecule has 0 radical (unpaired) electrons. The summed E-state index contributed by atoms with van der Waals surface area (Å²) in [5, 5.41) is 0. The molecule has 37 heavy (non-hydrogen) atoms. The number of alkyl halides is 3. The van der Waals surface area contributed by atoms with Crippen LogP contribution in [0.2, 0.25) is 0 Å². The Kier molecular flexibility index (Phi) is 6.99. The van der Waals surface area contributed by atoms with Gasteiger partial charge in [-0.25, -0.2) is 4.79 Å². The lowest BCUT2D eigenvalue weighted by atomic mass is 9.72. The van der Waals surface area contributed by atoms with Gasteiger partial charge in [-0.1, -0.05) is 25.5 Å². The van der Waals surface area contributed by atoms with Crippen LogP contribution in [0.3, 0.4) is 0 Å². The number of cyclic esters (lactones) is 1. The highest BCUT2D eigenvalue weighted by molar-refractivity contribution is 5.79. The number of benzene rings is 2. The molecule has 5 nitrogen and oxygen atoms in total. The van der Waals surface area contributed by atoms with E-state index in [4.69, 9.17) is 15.2 Å². The topological polar surface area (TPSA) is 64.8 Å². The molecule has 2 aromatic carbocycles. The molecule has 2 aromatic rings. The molecule has 1 amide bonds. The number of allylic oxidation sites excluding steroid dienone is 1. The molecule has 1 heterocycles. The average molecular weight is 517 g/mol. The van der Waals surface area contributed by atoms with Gasteiger partial charge in [-0.15, -0.1) is 0 Å². The van der Waals surface area contributed by atoms with Crippen LogP contribution in [-0.2, 0) is 10.9 Å². The van der Waals surface area contributed by atoms with Crippen molar-refractivity contribution in [2.75, 3.05) is 19.4 Å². The van der Waals surface area contributed by atoms with Crippen molar-refractivity contribution >= 4 is 17.4 Å². The molecule has 2 N–H and O–H groups in total. The Hall–Kier alpha value is -3.16. The van der Waals surface area contributed by atoms with E-state index in [0.29, 0.717) is 23.4 Å². The van der Waals surface area contributed by atoms with Crippen molar-refractivity contribution in [3.63, 3.8) is 0 Å². The van der Waals surface area contributed by atoms with Gasteiger partial charge in [0.2, 0.25) is 0 Å². The number of carbonyl (C=O) groups excluding carboxylic acids is 1. The minimum Gasteiger partial charge on any atom is -0.496 e. The summed E-state index contributed by atoms with van der Waals surface area (Å²) in [5.41, 5.74) is 11.1. The van der Waals surface area contributed by atoms with Crippen molar-refractivity contribution in [3.8, 4) is 5.75 Å². The molecule has 1 aliphatic carbocycles. The third kappa shape index (κ3) is 5.43. The second kappa shape index (κ2) is 9.62. The van der Waals surface area contributed by atoms with Crippen molar-refractivity contribution in [2.24, 2.45) is 5.41 Å². The van der Waals surface area contributed by atoms with Gasteiger partial charge in [0, 0.05) is 17.8 Å².